The van der Waals surface area contributed by atoms with E-state index in [0.29, 0.717) is 30.4 Å². The number of carbonyl (C=O) groups is 2. The first-order valence-corrected chi connectivity index (χ1v) is 7.09. The number of hydrogen-bond acceptors (Lipinski definition) is 4. The van der Waals surface area contributed by atoms with Crippen LogP contribution in [0.25, 0.3) is 0 Å². The zero-order chi connectivity index (χ0) is 13.3. The minimum Gasteiger partial charge on any atom is -0.481 e. The van der Waals surface area contributed by atoms with Crippen LogP contribution in [-0.4, -0.2) is 42.0 Å². The molecule has 2 N–H and O–H groups in total. The standard InChI is InChI=1S/C12H23NO3S/c1-9(2)6-11(14)10(7-13-3)8-17-5-4-12(15)16/h9-10,13H,4-8H2,1-3H3,(H,15,16). The molecular weight excluding hydrogens is 238 g/mol. The van der Waals surface area contributed by atoms with Gasteiger partial charge in [-0.3, -0.25) is 9.59 Å². The molecule has 0 saturated heterocycles. The number of Topliss-reactive ketones (excluding diaryl/α,β-unsaturated/α-hetero) is 1. The molecule has 0 aromatic carbocycles. The van der Waals surface area contributed by atoms with Gasteiger partial charge in [-0.2, -0.15) is 11.8 Å². The SMILES string of the molecule is CNCC(CSCCC(=O)O)C(=O)CC(C)C. The Kier molecular flexibility index (Phi) is 9.17. The van der Waals surface area contributed by atoms with Gasteiger partial charge < -0.3 is 10.4 Å². The Bertz CT molecular complexity index is 244. The van der Waals surface area contributed by atoms with E-state index in [2.05, 4.69) is 5.32 Å². The fourth-order valence-electron chi connectivity index (χ4n) is 1.47. The summed E-state index contributed by atoms with van der Waals surface area (Å²) in [4.78, 5) is 22.3. The second-order valence-corrected chi connectivity index (χ2v) is 5.69. The third-order valence-corrected chi connectivity index (χ3v) is 3.43. The number of nitrogens with one attached hydrogen (secondary N) is 1. The molecule has 1 atom stereocenters. The first-order chi connectivity index (χ1) is 7.97. The van der Waals surface area contributed by atoms with Crippen molar-refractivity contribution in [1.29, 1.82) is 0 Å². The van der Waals surface area contributed by atoms with Crippen LogP contribution in [0.4, 0.5) is 0 Å². The molecule has 0 aromatic heterocycles. The first kappa shape index (κ1) is 16.4. The predicted octanol–water partition coefficient (Wildman–Crippen LogP) is 1.65. The van der Waals surface area contributed by atoms with Crippen LogP contribution in [-0.2, 0) is 9.59 Å². The number of thioether (sulfide) groups is 1. The molecule has 0 aliphatic rings. The van der Waals surface area contributed by atoms with Crippen LogP contribution in [0, 0.1) is 11.8 Å². The van der Waals surface area contributed by atoms with Gasteiger partial charge in [0.25, 0.3) is 0 Å². The molecule has 1 unspecified atom stereocenters. The summed E-state index contributed by atoms with van der Waals surface area (Å²) >= 11 is 1.54. The van der Waals surface area contributed by atoms with E-state index in [0.717, 1.165) is 0 Å². The number of ketones is 1. The maximum atomic E-state index is 11.9. The Morgan fingerprint density at radius 2 is 2.00 bits per heavy atom. The summed E-state index contributed by atoms with van der Waals surface area (Å²) in [6.07, 6.45) is 0.765. The lowest BCUT2D eigenvalue weighted by Gasteiger charge is -2.16. The van der Waals surface area contributed by atoms with Crippen molar-refractivity contribution in [2.24, 2.45) is 11.8 Å². The molecule has 0 aliphatic carbocycles. The molecule has 100 valence electrons. The van der Waals surface area contributed by atoms with Crippen LogP contribution in [0.15, 0.2) is 0 Å². The van der Waals surface area contributed by atoms with Crippen molar-refractivity contribution in [3.63, 3.8) is 0 Å². The smallest absolute Gasteiger partial charge is 0.304 e. The fourth-order valence-corrected chi connectivity index (χ4v) is 2.54. The normalized spacial score (nSPS) is 12.7. The van der Waals surface area contributed by atoms with Gasteiger partial charge in [0.05, 0.1) is 6.42 Å². The van der Waals surface area contributed by atoms with E-state index in [4.69, 9.17) is 5.11 Å². The van der Waals surface area contributed by atoms with Gasteiger partial charge >= 0.3 is 5.97 Å². The van der Waals surface area contributed by atoms with Crippen LogP contribution in [0.5, 0.6) is 0 Å². The Balaban J connectivity index is 3.96. The van der Waals surface area contributed by atoms with Gasteiger partial charge in [-0.15, -0.1) is 0 Å². The van der Waals surface area contributed by atoms with Crippen molar-refractivity contribution < 1.29 is 14.7 Å². The van der Waals surface area contributed by atoms with E-state index in [1.807, 2.05) is 20.9 Å². The van der Waals surface area contributed by atoms with Crippen LogP contribution in [0.2, 0.25) is 0 Å². The molecule has 0 fully saturated rings. The van der Waals surface area contributed by atoms with Gasteiger partial charge in [-0.25, -0.2) is 0 Å². The van der Waals surface area contributed by atoms with Crippen molar-refractivity contribution in [2.75, 3.05) is 25.1 Å². The summed E-state index contributed by atoms with van der Waals surface area (Å²) < 4.78 is 0. The number of hydrogen-bond donors (Lipinski definition) is 2. The van der Waals surface area contributed by atoms with Crippen molar-refractivity contribution in [2.45, 2.75) is 26.7 Å². The molecule has 0 heterocycles. The van der Waals surface area contributed by atoms with Gasteiger partial charge in [-0.05, 0) is 13.0 Å². The zero-order valence-electron chi connectivity index (χ0n) is 10.9. The molecule has 0 spiro atoms. The van der Waals surface area contributed by atoms with Gasteiger partial charge in [0.15, 0.2) is 0 Å². The number of rotatable bonds is 10. The first-order valence-electron chi connectivity index (χ1n) is 5.94. The number of carbonyl (C=O) groups excluding carboxylic acids is 1. The molecule has 0 aliphatic heterocycles. The van der Waals surface area contributed by atoms with E-state index >= 15 is 0 Å². The summed E-state index contributed by atoms with van der Waals surface area (Å²) in [6, 6.07) is 0. The van der Waals surface area contributed by atoms with Gasteiger partial charge in [0.2, 0.25) is 0 Å². The van der Waals surface area contributed by atoms with E-state index in [1.54, 1.807) is 11.8 Å². The highest BCUT2D eigenvalue weighted by Gasteiger charge is 2.18. The summed E-state index contributed by atoms with van der Waals surface area (Å²) in [5.74, 6) is 1.16. The lowest BCUT2D eigenvalue weighted by Crippen LogP contribution is -2.29. The van der Waals surface area contributed by atoms with E-state index in [1.165, 1.54) is 0 Å². The molecule has 0 saturated carbocycles. The van der Waals surface area contributed by atoms with Gasteiger partial charge in [0.1, 0.15) is 5.78 Å². The molecule has 5 heteroatoms. The maximum absolute atomic E-state index is 11.9. The monoisotopic (exact) mass is 261 g/mol. The molecule has 0 aromatic rings. The lowest BCUT2D eigenvalue weighted by molar-refractivity contribution is -0.136. The summed E-state index contributed by atoms with van der Waals surface area (Å²) in [7, 11) is 1.83. The zero-order valence-corrected chi connectivity index (χ0v) is 11.7. The second-order valence-electron chi connectivity index (χ2n) is 4.54. The van der Waals surface area contributed by atoms with Crippen molar-refractivity contribution in [1.82, 2.24) is 5.32 Å². The van der Waals surface area contributed by atoms with Crippen LogP contribution in [0.3, 0.4) is 0 Å². The predicted molar refractivity (Wildman–Crippen MR) is 71.5 cm³/mol. The highest BCUT2D eigenvalue weighted by molar-refractivity contribution is 7.99. The number of carboxylic acid groups (broad SMARTS) is 1. The summed E-state index contributed by atoms with van der Waals surface area (Å²) in [5, 5.41) is 11.5. The van der Waals surface area contributed by atoms with E-state index in [9.17, 15) is 9.59 Å². The van der Waals surface area contributed by atoms with Gasteiger partial charge in [-0.1, -0.05) is 13.8 Å². The van der Waals surface area contributed by atoms with Crippen molar-refractivity contribution >= 4 is 23.5 Å². The van der Waals surface area contributed by atoms with Crippen molar-refractivity contribution in [3.8, 4) is 0 Å². The molecule has 0 bridgehead atoms. The third kappa shape index (κ3) is 9.18. The summed E-state index contributed by atoms with van der Waals surface area (Å²) in [5.41, 5.74) is 0. The lowest BCUT2D eigenvalue weighted by atomic mass is 9.97. The Morgan fingerprint density at radius 1 is 1.35 bits per heavy atom. The van der Waals surface area contributed by atoms with Crippen LogP contribution in [0.1, 0.15) is 26.7 Å². The molecular formula is C12H23NO3S. The van der Waals surface area contributed by atoms with Crippen LogP contribution < -0.4 is 5.32 Å². The molecule has 0 radical (unpaired) electrons. The number of carboxylic acids is 1. The largest absolute Gasteiger partial charge is 0.481 e. The van der Waals surface area contributed by atoms with E-state index in [-0.39, 0.29) is 18.1 Å². The average Bonchev–Trinajstić information content (AvgIpc) is 2.21. The topological polar surface area (TPSA) is 66.4 Å². The molecule has 4 nitrogen and oxygen atoms in total. The highest BCUT2D eigenvalue weighted by Crippen LogP contribution is 2.14. The van der Waals surface area contributed by atoms with Crippen molar-refractivity contribution in [3.05, 3.63) is 0 Å². The van der Waals surface area contributed by atoms with Crippen LogP contribution >= 0.6 is 11.8 Å². The average molecular weight is 261 g/mol. The Hall–Kier alpha value is -0.550. The third-order valence-electron chi connectivity index (χ3n) is 2.29. The second kappa shape index (κ2) is 9.48. The molecule has 0 amide bonds. The fraction of sp³-hybridized carbons (Fsp3) is 0.833. The molecule has 17 heavy (non-hydrogen) atoms. The Morgan fingerprint density at radius 3 is 2.47 bits per heavy atom. The molecule has 0 rings (SSSR count). The number of aliphatic carboxylic acids is 1. The minimum atomic E-state index is -0.781. The minimum absolute atomic E-state index is 0.00111. The highest BCUT2D eigenvalue weighted by atomic mass is 32.2. The Labute approximate surface area is 108 Å². The van der Waals surface area contributed by atoms with E-state index < -0.39 is 5.97 Å². The van der Waals surface area contributed by atoms with Gasteiger partial charge in [0, 0.05) is 30.4 Å². The quantitative estimate of drug-likeness (QED) is 0.585. The maximum Gasteiger partial charge on any atom is 0.304 e. The summed E-state index contributed by atoms with van der Waals surface area (Å²) in [6.45, 7) is 4.74.